The van der Waals surface area contributed by atoms with Gasteiger partial charge in [-0.15, -0.1) is 0 Å². The van der Waals surface area contributed by atoms with Crippen LogP contribution in [0.15, 0.2) is 18.2 Å². The molecule has 0 N–H and O–H groups in total. The van der Waals surface area contributed by atoms with Gasteiger partial charge in [0.25, 0.3) is 0 Å². The fourth-order valence-corrected chi connectivity index (χ4v) is 1.16. The molecule has 2 rings (SSSR count). The second kappa shape index (κ2) is 1.56. The van der Waals surface area contributed by atoms with Crippen LogP contribution in [0.4, 0.5) is 4.39 Å². The van der Waals surface area contributed by atoms with E-state index in [1.54, 1.807) is 6.07 Å². The third-order valence-corrected chi connectivity index (χ3v) is 1.83. The zero-order valence-corrected chi connectivity index (χ0v) is 5.02. The van der Waals surface area contributed by atoms with E-state index in [1.165, 1.54) is 17.2 Å². The van der Waals surface area contributed by atoms with E-state index >= 15 is 0 Å². The molecule has 0 saturated heterocycles. The van der Waals surface area contributed by atoms with Gasteiger partial charge in [-0.05, 0) is 36.1 Å². The highest BCUT2D eigenvalue weighted by Gasteiger charge is 2.11. The summed E-state index contributed by atoms with van der Waals surface area (Å²) in [6, 6.07) is 5.02. The molecule has 0 unspecified atom stereocenters. The van der Waals surface area contributed by atoms with Crippen molar-refractivity contribution < 1.29 is 4.39 Å². The summed E-state index contributed by atoms with van der Waals surface area (Å²) in [5.74, 6) is -0.103. The highest BCUT2D eigenvalue weighted by atomic mass is 19.1. The molecule has 0 aliphatic heterocycles. The maximum atomic E-state index is 12.4. The van der Waals surface area contributed by atoms with Crippen molar-refractivity contribution in [1.82, 2.24) is 0 Å². The lowest BCUT2D eigenvalue weighted by molar-refractivity contribution is 0.619. The van der Waals surface area contributed by atoms with Gasteiger partial charge in [-0.25, -0.2) is 4.39 Å². The zero-order chi connectivity index (χ0) is 6.27. The molecule has 1 aromatic carbocycles. The van der Waals surface area contributed by atoms with Crippen molar-refractivity contribution in [2.75, 3.05) is 0 Å². The Morgan fingerprint density at radius 1 is 1.11 bits per heavy atom. The molecule has 1 aliphatic rings. The second-order valence-electron chi connectivity index (χ2n) is 2.41. The maximum Gasteiger partial charge on any atom is 0.123 e. The number of hydrogen-bond acceptors (Lipinski definition) is 0. The van der Waals surface area contributed by atoms with Gasteiger partial charge < -0.3 is 0 Å². The van der Waals surface area contributed by atoms with E-state index in [-0.39, 0.29) is 5.82 Å². The molecule has 0 aromatic heterocycles. The maximum absolute atomic E-state index is 12.4. The van der Waals surface area contributed by atoms with E-state index in [0.29, 0.717) is 0 Å². The fraction of sp³-hybridized carbons (Fsp3) is 0.250. The molecular weight excluding hydrogens is 115 g/mol. The molecule has 0 nitrogen and oxygen atoms in total. The van der Waals surface area contributed by atoms with Crippen LogP contribution >= 0.6 is 0 Å². The Labute approximate surface area is 53.3 Å². The number of fused-ring (bicyclic) bond motifs is 1. The van der Waals surface area contributed by atoms with Gasteiger partial charge in [-0.1, -0.05) is 6.07 Å². The Morgan fingerprint density at radius 3 is 2.33 bits per heavy atom. The summed E-state index contributed by atoms with van der Waals surface area (Å²) in [6.07, 6.45) is 2.20. The highest BCUT2D eigenvalue weighted by molar-refractivity contribution is 5.35. The monoisotopic (exact) mass is 122 g/mol. The van der Waals surface area contributed by atoms with Gasteiger partial charge in [0.1, 0.15) is 5.82 Å². The van der Waals surface area contributed by atoms with Crippen LogP contribution in [0.2, 0.25) is 0 Å². The van der Waals surface area contributed by atoms with Crippen LogP contribution in [0.5, 0.6) is 0 Å². The molecular formula is C8H7F. The lowest BCUT2D eigenvalue weighted by Crippen LogP contribution is -2.07. The molecule has 0 saturated carbocycles. The van der Waals surface area contributed by atoms with Gasteiger partial charge in [-0.3, -0.25) is 0 Å². The minimum Gasteiger partial charge on any atom is -0.207 e. The van der Waals surface area contributed by atoms with Crippen LogP contribution in [-0.4, -0.2) is 0 Å². The smallest absolute Gasteiger partial charge is 0.123 e. The highest BCUT2D eigenvalue weighted by Crippen LogP contribution is 2.22. The summed E-state index contributed by atoms with van der Waals surface area (Å²) in [4.78, 5) is 0. The van der Waals surface area contributed by atoms with E-state index in [4.69, 9.17) is 0 Å². The molecule has 1 aromatic rings. The predicted molar refractivity (Wildman–Crippen MR) is 33.8 cm³/mol. The third kappa shape index (κ3) is 0.645. The quantitative estimate of drug-likeness (QED) is 0.493. The first-order chi connectivity index (χ1) is 4.36. The Kier molecular flexibility index (Phi) is 0.865. The average molecular weight is 122 g/mol. The van der Waals surface area contributed by atoms with E-state index in [2.05, 4.69) is 0 Å². The van der Waals surface area contributed by atoms with E-state index in [1.807, 2.05) is 6.07 Å². The minimum absolute atomic E-state index is 0.103. The summed E-state index contributed by atoms with van der Waals surface area (Å²) in [6.45, 7) is 0. The zero-order valence-electron chi connectivity index (χ0n) is 5.02. The molecule has 9 heavy (non-hydrogen) atoms. The van der Waals surface area contributed by atoms with Crippen molar-refractivity contribution in [3.05, 3.63) is 35.1 Å². The average Bonchev–Trinajstić information content (AvgIpc) is 1.78. The molecule has 0 amide bonds. The number of benzene rings is 1. The molecule has 0 spiro atoms. The van der Waals surface area contributed by atoms with Crippen molar-refractivity contribution in [2.45, 2.75) is 12.8 Å². The van der Waals surface area contributed by atoms with E-state index < -0.39 is 0 Å². The molecule has 0 radical (unpaired) electrons. The molecule has 1 aliphatic carbocycles. The topological polar surface area (TPSA) is 0 Å². The standard InChI is InChI=1S/C8H7F/c9-8-4-3-6-1-2-7(6)5-8/h3-5H,1-2H2. The van der Waals surface area contributed by atoms with Crippen molar-refractivity contribution in [1.29, 1.82) is 0 Å². The number of halogens is 1. The SMILES string of the molecule is Fc1ccc2c(c1)CC2. The van der Waals surface area contributed by atoms with E-state index in [9.17, 15) is 4.39 Å². The van der Waals surface area contributed by atoms with Crippen molar-refractivity contribution in [3.8, 4) is 0 Å². The van der Waals surface area contributed by atoms with Crippen LogP contribution in [0.3, 0.4) is 0 Å². The van der Waals surface area contributed by atoms with Crippen LogP contribution in [-0.2, 0) is 12.8 Å². The minimum atomic E-state index is -0.103. The van der Waals surface area contributed by atoms with E-state index in [0.717, 1.165) is 12.8 Å². The first kappa shape index (κ1) is 4.98. The van der Waals surface area contributed by atoms with Crippen molar-refractivity contribution in [2.24, 2.45) is 0 Å². The van der Waals surface area contributed by atoms with Crippen LogP contribution < -0.4 is 0 Å². The Morgan fingerprint density at radius 2 is 1.89 bits per heavy atom. The van der Waals surface area contributed by atoms with Crippen LogP contribution in [0, 0.1) is 5.82 Å². The van der Waals surface area contributed by atoms with Crippen LogP contribution in [0.1, 0.15) is 11.1 Å². The summed E-state index contributed by atoms with van der Waals surface area (Å²) >= 11 is 0. The first-order valence-corrected chi connectivity index (χ1v) is 3.13. The molecule has 46 valence electrons. The molecule has 0 heterocycles. The Bertz CT molecular complexity index is 240. The number of hydrogen-bond donors (Lipinski definition) is 0. The van der Waals surface area contributed by atoms with Gasteiger partial charge in [0.05, 0.1) is 0 Å². The number of rotatable bonds is 0. The van der Waals surface area contributed by atoms with Crippen LogP contribution in [0.25, 0.3) is 0 Å². The molecule has 0 fully saturated rings. The predicted octanol–water partition coefficient (Wildman–Crippen LogP) is 1.92. The first-order valence-electron chi connectivity index (χ1n) is 3.13. The van der Waals surface area contributed by atoms with Gasteiger partial charge in [0.2, 0.25) is 0 Å². The molecule has 1 heteroatoms. The van der Waals surface area contributed by atoms with Gasteiger partial charge in [-0.2, -0.15) is 0 Å². The van der Waals surface area contributed by atoms with Crippen molar-refractivity contribution >= 4 is 0 Å². The lowest BCUT2D eigenvalue weighted by Gasteiger charge is -2.17. The largest absolute Gasteiger partial charge is 0.207 e. The second-order valence-corrected chi connectivity index (χ2v) is 2.41. The van der Waals surface area contributed by atoms with Gasteiger partial charge in [0.15, 0.2) is 0 Å². The van der Waals surface area contributed by atoms with Gasteiger partial charge in [0, 0.05) is 0 Å². The fourth-order valence-electron chi connectivity index (χ4n) is 1.16. The normalized spacial score (nSPS) is 14.3. The summed E-state index contributed by atoms with van der Waals surface area (Å²) < 4.78 is 12.4. The molecule has 0 atom stereocenters. The number of aryl methyl sites for hydroxylation is 2. The molecule has 0 bridgehead atoms. The summed E-state index contributed by atoms with van der Waals surface area (Å²) in [5, 5.41) is 0. The summed E-state index contributed by atoms with van der Waals surface area (Å²) in [7, 11) is 0. The van der Waals surface area contributed by atoms with Crippen molar-refractivity contribution in [3.63, 3.8) is 0 Å². The van der Waals surface area contributed by atoms with Gasteiger partial charge >= 0.3 is 0 Å². The lowest BCUT2D eigenvalue weighted by atomic mass is 9.89. The summed E-state index contributed by atoms with van der Waals surface area (Å²) in [5.41, 5.74) is 2.51. The Balaban J connectivity index is 2.57. The Hall–Kier alpha value is -0.850. The third-order valence-electron chi connectivity index (χ3n) is 1.83.